The molecule has 2 aromatic rings. The first kappa shape index (κ1) is 21.7. The predicted octanol–water partition coefficient (Wildman–Crippen LogP) is 2.54. The van der Waals surface area contributed by atoms with Crippen molar-refractivity contribution in [3.8, 4) is 0 Å². The van der Waals surface area contributed by atoms with Crippen molar-refractivity contribution < 1.29 is 14.4 Å². The van der Waals surface area contributed by atoms with Gasteiger partial charge in [-0.1, -0.05) is 24.4 Å². The van der Waals surface area contributed by atoms with Gasteiger partial charge < -0.3 is 16.0 Å². The van der Waals surface area contributed by atoms with Gasteiger partial charge in [0.25, 0.3) is 5.91 Å². The molecule has 8 nitrogen and oxygen atoms in total. The number of anilines is 1. The molecule has 1 aliphatic heterocycles. The van der Waals surface area contributed by atoms with E-state index in [9.17, 15) is 14.4 Å². The Labute approximate surface area is 189 Å². The van der Waals surface area contributed by atoms with Crippen molar-refractivity contribution in [1.29, 1.82) is 0 Å². The molecule has 2 atom stereocenters. The lowest BCUT2D eigenvalue weighted by atomic mass is 9.90. The van der Waals surface area contributed by atoms with Crippen molar-refractivity contribution >= 4 is 46.3 Å². The van der Waals surface area contributed by atoms with Crippen LogP contribution in [0.4, 0.5) is 5.69 Å². The zero-order valence-electron chi connectivity index (χ0n) is 17.1. The van der Waals surface area contributed by atoms with Gasteiger partial charge in [0.05, 0.1) is 5.69 Å². The highest BCUT2D eigenvalue weighted by Gasteiger charge is 2.31. The summed E-state index contributed by atoms with van der Waals surface area (Å²) in [7, 11) is 2.02. The number of halogens is 1. The number of carbonyl (C=O) groups is 3. The van der Waals surface area contributed by atoms with Gasteiger partial charge in [0.1, 0.15) is 0 Å². The molecule has 31 heavy (non-hydrogen) atoms. The van der Waals surface area contributed by atoms with Gasteiger partial charge in [0.15, 0.2) is 5.01 Å². The van der Waals surface area contributed by atoms with Gasteiger partial charge in [0, 0.05) is 40.8 Å². The molecule has 0 bridgehead atoms. The summed E-state index contributed by atoms with van der Waals surface area (Å²) in [5.74, 6) is -1.70. The van der Waals surface area contributed by atoms with Crippen molar-refractivity contribution in [3.05, 3.63) is 44.9 Å². The zero-order chi connectivity index (χ0) is 22.0. The molecule has 1 fully saturated rings. The van der Waals surface area contributed by atoms with Gasteiger partial charge in [-0.15, -0.1) is 11.3 Å². The van der Waals surface area contributed by atoms with Crippen LogP contribution in [0.2, 0.25) is 5.02 Å². The number of aromatic nitrogens is 1. The molecule has 1 aliphatic carbocycles. The largest absolute Gasteiger partial charge is 0.345 e. The highest BCUT2D eigenvalue weighted by molar-refractivity contribution is 7.13. The van der Waals surface area contributed by atoms with E-state index >= 15 is 0 Å². The van der Waals surface area contributed by atoms with Crippen LogP contribution < -0.4 is 16.0 Å². The van der Waals surface area contributed by atoms with E-state index in [1.807, 2.05) is 7.05 Å². The number of nitrogens with one attached hydrogen (secondary N) is 3. The standard InChI is InChI=1S/C21H24ClN5O3S/c1-27-10-16-17(11-27)31-21(26-16)20(30)25-15-5-3-2-4-14(15)24-19(29)18(28)23-13-8-6-12(22)7-9-13/h6-9,14-15H,2-5,10-11H2,1H3,(H,23,28)(H,24,29)(H,25,30)/t14-,15+/m0/s1. The minimum atomic E-state index is -0.751. The van der Waals surface area contributed by atoms with Crippen LogP contribution in [0, 0.1) is 0 Å². The van der Waals surface area contributed by atoms with Crippen LogP contribution in [-0.4, -0.2) is 46.7 Å². The van der Waals surface area contributed by atoms with Gasteiger partial charge in [-0.05, 0) is 44.2 Å². The Kier molecular flexibility index (Phi) is 6.54. The maximum absolute atomic E-state index is 12.8. The van der Waals surface area contributed by atoms with Crippen LogP contribution in [0.15, 0.2) is 24.3 Å². The molecule has 10 heteroatoms. The monoisotopic (exact) mass is 461 g/mol. The number of rotatable bonds is 4. The molecular formula is C21H24ClN5O3S. The van der Waals surface area contributed by atoms with E-state index in [1.54, 1.807) is 24.3 Å². The molecule has 164 valence electrons. The second-order valence-corrected chi connectivity index (χ2v) is 9.49. The summed E-state index contributed by atoms with van der Waals surface area (Å²) in [6.07, 6.45) is 3.31. The van der Waals surface area contributed by atoms with Gasteiger partial charge in [0.2, 0.25) is 0 Å². The van der Waals surface area contributed by atoms with Gasteiger partial charge in [-0.2, -0.15) is 0 Å². The van der Waals surface area contributed by atoms with E-state index in [4.69, 9.17) is 11.6 Å². The van der Waals surface area contributed by atoms with Gasteiger partial charge in [-0.25, -0.2) is 4.98 Å². The molecule has 0 spiro atoms. The lowest BCUT2D eigenvalue weighted by Gasteiger charge is -2.32. The summed E-state index contributed by atoms with van der Waals surface area (Å²) in [6.45, 7) is 1.56. The van der Waals surface area contributed by atoms with Gasteiger partial charge >= 0.3 is 11.8 Å². The second-order valence-electron chi connectivity index (χ2n) is 7.97. The first-order chi connectivity index (χ1) is 14.9. The molecule has 1 aromatic heterocycles. The van der Waals surface area contributed by atoms with E-state index in [2.05, 4.69) is 25.8 Å². The average molecular weight is 462 g/mol. The average Bonchev–Trinajstić information content (AvgIpc) is 3.28. The predicted molar refractivity (Wildman–Crippen MR) is 119 cm³/mol. The molecular weight excluding hydrogens is 438 g/mol. The summed E-state index contributed by atoms with van der Waals surface area (Å²) in [5, 5.41) is 9.36. The number of benzene rings is 1. The molecule has 4 rings (SSSR count). The summed E-state index contributed by atoms with van der Waals surface area (Å²) in [4.78, 5) is 45.2. The third kappa shape index (κ3) is 5.23. The fraction of sp³-hybridized carbons (Fsp3) is 0.429. The SMILES string of the molecule is CN1Cc2nc(C(=O)N[C@@H]3CCCC[C@@H]3NC(=O)C(=O)Nc3ccc(Cl)cc3)sc2C1. The summed E-state index contributed by atoms with van der Waals surface area (Å²) >= 11 is 7.26. The van der Waals surface area contributed by atoms with E-state index in [1.165, 1.54) is 11.3 Å². The van der Waals surface area contributed by atoms with Crippen LogP contribution in [0.5, 0.6) is 0 Å². The zero-order valence-corrected chi connectivity index (χ0v) is 18.7. The van der Waals surface area contributed by atoms with Crippen LogP contribution >= 0.6 is 22.9 Å². The number of nitrogens with zero attached hydrogens (tertiary/aromatic N) is 2. The Morgan fingerprint density at radius 3 is 2.39 bits per heavy atom. The Bertz CT molecular complexity index is 970. The van der Waals surface area contributed by atoms with Crippen molar-refractivity contribution in [2.24, 2.45) is 0 Å². The molecule has 0 unspecified atom stereocenters. The normalized spacial score (nSPS) is 20.7. The van der Waals surface area contributed by atoms with Crippen LogP contribution in [0.3, 0.4) is 0 Å². The first-order valence-corrected chi connectivity index (χ1v) is 11.4. The fourth-order valence-corrected chi connectivity index (χ4v) is 5.13. The van der Waals surface area contributed by atoms with Crippen molar-refractivity contribution in [2.75, 3.05) is 12.4 Å². The number of thiazole rings is 1. The fourth-order valence-electron chi connectivity index (χ4n) is 3.95. The maximum Gasteiger partial charge on any atom is 0.313 e. The van der Waals surface area contributed by atoms with Crippen LogP contribution in [0.1, 0.15) is 46.1 Å². The summed E-state index contributed by atoms with van der Waals surface area (Å²) < 4.78 is 0. The lowest BCUT2D eigenvalue weighted by Crippen LogP contribution is -2.55. The lowest BCUT2D eigenvalue weighted by molar-refractivity contribution is -0.136. The number of carbonyl (C=O) groups excluding carboxylic acids is 3. The molecule has 2 heterocycles. The Morgan fingerprint density at radius 1 is 1.03 bits per heavy atom. The minimum absolute atomic E-state index is 0.223. The second kappa shape index (κ2) is 9.33. The highest BCUT2D eigenvalue weighted by Crippen LogP contribution is 2.27. The molecule has 3 N–H and O–H groups in total. The molecule has 1 saturated carbocycles. The van der Waals surface area contributed by atoms with Crippen LogP contribution in [-0.2, 0) is 22.7 Å². The Morgan fingerprint density at radius 2 is 1.71 bits per heavy atom. The number of hydrogen-bond donors (Lipinski definition) is 3. The van der Waals surface area contributed by atoms with E-state index in [0.717, 1.165) is 42.9 Å². The maximum atomic E-state index is 12.8. The van der Waals surface area contributed by atoms with Crippen molar-refractivity contribution in [1.82, 2.24) is 20.5 Å². The number of hydrogen-bond acceptors (Lipinski definition) is 6. The molecule has 2 aliphatic rings. The van der Waals surface area contributed by atoms with E-state index < -0.39 is 11.8 Å². The van der Waals surface area contributed by atoms with E-state index in [-0.39, 0.29) is 18.0 Å². The summed E-state index contributed by atoms with van der Waals surface area (Å²) in [6, 6.07) is 5.97. The van der Waals surface area contributed by atoms with Crippen molar-refractivity contribution in [2.45, 2.75) is 50.9 Å². The molecule has 0 saturated heterocycles. The molecule has 0 radical (unpaired) electrons. The number of amides is 3. The quantitative estimate of drug-likeness (QED) is 0.607. The Hall–Kier alpha value is -2.49. The summed E-state index contributed by atoms with van der Waals surface area (Å²) in [5.41, 5.74) is 1.45. The molecule has 3 amide bonds. The topological polar surface area (TPSA) is 103 Å². The van der Waals surface area contributed by atoms with Crippen molar-refractivity contribution in [3.63, 3.8) is 0 Å². The molecule has 1 aromatic carbocycles. The third-order valence-electron chi connectivity index (χ3n) is 5.51. The minimum Gasteiger partial charge on any atom is -0.345 e. The third-order valence-corrected chi connectivity index (χ3v) is 6.85. The highest BCUT2D eigenvalue weighted by atomic mass is 35.5. The first-order valence-electron chi connectivity index (χ1n) is 10.2. The smallest absolute Gasteiger partial charge is 0.313 e. The van der Waals surface area contributed by atoms with Crippen LogP contribution in [0.25, 0.3) is 0 Å². The van der Waals surface area contributed by atoms with E-state index in [0.29, 0.717) is 22.1 Å². The van der Waals surface area contributed by atoms with Gasteiger partial charge in [-0.3, -0.25) is 19.3 Å². The Balaban J connectivity index is 1.35. The number of fused-ring (bicyclic) bond motifs is 1.